The predicted molar refractivity (Wildman–Crippen MR) is 190 cm³/mol. The van der Waals surface area contributed by atoms with E-state index in [1.165, 1.54) is 76.7 Å². The molecule has 2 heterocycles. The maximum Gasteiger partial charge on any atom is 0.0553 e. The first-order valence-electron chi connectivity index (χ1n) is 15.4. The van der Waals surface area contributed by atoms with Gasteiger partial charge >= 0.3 is 0 Å². The molecule has 9 aromatic rings. The summed E-state index contributed by atoms with van der Waals surface area (Å²) in [5, 5.41) is 7.58. The van der Waals surface area contributed by atoms with Crippen molar-refractivity contribution < 1.29 is 0 Å². The van der Waals surface area contributed by atoms with Crippen molar-refractivity contribution in [3.8, 4) is 39.1 Å². The lowest BCUT2D eigenvalue weighted by atomic mass is 9.93. The highest BCUT2D eigenvalue weighted by Crippen LogP contribution is 2.43. The molecule has 0 aliphatic rings. The number of rotatable bonds is 4. The zero-order valence-corrected chi connectivity index (χ0v) is 24.6. The Bertz CT molecular complexity index is 2500. The molecule has 45 heavy (non-hydrogen) atoms. The molecule has 2 nitrogen and oxygen atoms in total. The summed E-state index contributed by atoms with van der Waals surface area (Å²) >= 11 is 0. The minimum Gasteiger partial charge on any atom is -0.309 e. The molecule has 0 unspecified atom stereocenters. The molecule has 2 aromatic heterocycles. The van der Waals surface area contributed by atoms with Gasteiger partial charge in [0.2, 0.25) is 0 Å². The summed E-state index contributed by atoms with van der Waals surface area (Å²) in [7, 11) is 0. The molecule has 0 bridgehead atoms. The summed E-state index contributed by atoms with van der Waals surface area (Å²) in [5.74, 6) is 0. The van der Waals surface area contributed by atoms with Gasteiger partial charge in [0.15, 0.2) is 0 Å². The Balaban J connectivity index is 1.34. The van der Waals surface area contributed by atoms with Crippen LogP contribution < -0.4 is 0 Å². The van der Waals surface area contributed by atoms with Crippen LogP contribution in [0.5, 0.6) is 0 Å². The normalized spacial score (nSPS) is 11.6. The summed E-state index contributed by atoms with van der Waals surface area (Å²) in [4.78, 5) is 4.18. The molecule has 0 fully saturated rings. The first-order chi connectivity index (χ1) is 22.3. The maximum absolute atomic E-state index is 4.18. The number of aromatic nitrogens is 2. The fraction of sp³-hybridized carbons (Fsp3) is 0. The van der Waals surface area contributed by atoms with Crippen LogP contribution in [0.15, 0.2) is 170 Å². The number of hydrogen-bond donors (Lipinski definition) is 0. The molecular formula is C43H28N2. The van der Waals surface area contributed by atoms with Crippen molar-refractivity contribution in [1.82, 2.24) is 9.55 Å². The van der Waals surface area contributed by atoms with Gasteiger partial charge in [0, 0.05) is 28.9 Å². The minimum absolute atomic E-state index is 1.15. The third-order valence-electron chi connectivity index (χ3n) is 9.10. The maximum atomic E-state index is 4.18. The van der Waals surface area contributed by atoms with Gasteiger partial charge in [0.1, 0.15) is 0 Å². The van der Waals surface area contributed by atoms with E-state index in [1.54, 1.807) is 0 Å². The lowest BCUT2D eigenvalue weighted by Gasteiger charge is -2.13. The van der Waals surface area contributed by atoms with Crippen molar-refractivity contribution in [1.29, 1.82) is 0 Å². The number of nitrogens with zero attached hydrogens (tertiary/aromatic N) is 2. The number of pyridine rings is 1. The largest absolute Gasteiger partial charge is 0.309 e. The molecule has 0 aliphatic heterocycles. The van der Waals surface area contributed by atoms with Crippen LogP contribution >= 0.6 is 0 Å². The Morgan fingerprint density at radius 1 is 0.378 bits per heavy atom. The van der Waals surface area contributed by atoms with E-state index in [4.69, 9.17) is 0 Å². The lowest BCUT2D eigenvalue weighted by Crippen LogP contribution is -1.94. The summed E-state index contributed by atoms with van der Waals surface area (Å²) in [6, 6.07) is 57.3. The van der Waals surface area contributed by atoms with Gasteiger partial charge in [-0.3, -0.25) is 4.98 Å². The zero-order valence-electron chi connectivity index (χ0n) is 24.6. The molecule has 210 valence electrons. The molecule has 0 saturated heterocycles. The van der Waals surface area contributed by atoms with Gasteiger partial charge < -0.3 is 4.57 Å². The van der Waals surface area contributed by atoms with E-state index in [0.717, 1.165) is 5.69 Å². The molecule has 9 rings (SSSR count). The van der Waals surface area contributed by atoms with Gasteiger partial charge in [0.25, 0.3) is 0 Å². The average Bonchev–Trinajstić information content (AvgIpc) is 3.45. The fourth-order valence-electron chi connectivity index (χ4n) is 7.00. The van der Waals surface area contributed by atoms with Gasteiger partial charge in [-0.15, -0.1) is 0 Å². The molecule has 0 aliphatic carbocycles. The molecule has 0 radical (unpaired) electrons. The van der Waals surface area contributed by atoms with Gasteiger partial charge in [-0.05, 0) is 91.3 Å². The second kappa shape index (κ2) is 10.3. The summed E-state index contributed by atoms with van der Waals surface area (Å²) in [6.07, 6.45) is 3.69. The number of para-hydroxylation sites is 1. The monoisotopic (exact) mass is 572 g/mol. The summed E-state index contributed by atoms with van der Waals surface area (Å²) in [5.41, 5.74) is 10.8. The summed E-state index contributed by atoms with van der Waals surface area (Å²) < 4.78 is 2.45. The molecule has 7 aromatic carbocycles. The first-order valence-corrected chi connectivity index (χ1v) is 15.4. The SMILES string of the molecule is c1ccc(-n2c3cc(-c4cccc5ccccc45)ccc3c3c4ccccc4c(-c4ccc(-c5ccncc5)cc4)cc32)cc1. The van der Waals surface area contributed by atoms with Crippen LogP contribution in [0.2, 0.25) is 0 Å². The molecule has 0 saturated carbocycles. The van der Waals surface area contributed by atoms with Crippen LogP contribution in [0, 0.1) is 0 Å². The highest BCUT2D eigenvalue weighted by atomic mass is 15.0. The highest BCUT2D eigenvalue weighted by Gasteiger charge is 2.19. The van der Waals surface area contributed by atoms with Gasteiger partial charge in [0.05, 0.1) is 11.0 Å². The van der Waals surface area contributed by atoms with Gasteiger partial charge in [-0.2, -0.15) is 0 Å². The average molecular weight is 573 g/mol. The van der Waals surface area contributed by atoms with E-state index < -0.39 is 0 Å². The van der Waals surface area contributed by atoms with Crippen LogP contribution in [0.1, 0.15) is 0 Å². The second-order valence-electron chi connectivity index (χ2n) is 11.6. The van der Waals surface area contributed by atoms with Crippen molar-refractivity contribution in [3.63, 3.8) is 0 Å². The minimum atomic E-state index is 1.15. The zero-order chi connectivity index (χ0) is 29.7. The van der Waals surface area contributed by atoms with Crippen molar-refractivity contribution >= 4 is 43.4 Å². The van der Waals surface area contributed by atoms with Crippen molar-refractivity contribution in [2.75, 3.05) is 0 Å². The molecule has 0 amide bonds. The van der Waals surface area contributed by atoms with Crippen molar-refractivity contribution in [3.05, 3.63) is 170 Å². The highest BCUT2D eigenvalue weighted by molar-refractivity contribution is 6.24. The van der Waals surface area contributed by atoms with E-state index in [9.17, 15) is 0 Å². The van der Waals surface area contributed by atoms with E-state index in [-0.39, 0.29) is 0 Å². The third kappa shape index (κ3) is 4.15. The lowest BCUT2D eigenvalue weighted by molar-refractivity contribution is 1.18. The van der Waals surface area contributed by atoms with Gasteiger partial charge in [-0.1, -0.05) is 121 Å². The van der Waals surface area contributed by atoms with Crippen LogP contribution in [0.4, 0.5) is 0 Å². The molecule has 2 heteroatoms. The van der Waals surface area contributed by atoms with Crippen LogP contribution in [-0.4, -0.2) is 9.55 Å². The molecule has 0 spiro atoms. The second-order valence-corrected chi connectivity index (χ2v) is 11.6. The number of fused-ring (bicyclic) bond motifs is 6. The van der Waals surface area contributed by atoms with E-state index in [2.05, 4.69) is 167 Å². The third-order valence-corrected chi connectivity index (χ3v) is 9.10. The first kappa shape index (κ1) is 25.5. The topological polar surface area (TPSA) is 17.8 Å². The molecular weight excluding hydrogens is 544 g/mol. The number of hydrogen-bond acceptors (Lipinski definition) is 1. The van der Waals surface area contributed by atoms with E-state index >= 15 is 0 Å². The van der Waals surface area contributed by atoms with Crippen LogP contribution in [-0.2, 0) is 0 Å². The summed E-state index contributed by atoms with van der Waals surface area (Å²) in [6.45, 7) is 0. The Morgan fingerprint density at radius 3 is 1.84 bits per heavy atom. The van der Waals surface area contributed by atoms with Crippen molar-refractivity contribution in [2.24, 2.45) is 0 Å². The number of benzene rings is 7. The fourth-order valence-corrected chi connectivity index (χ4v) is 7.00. The Hall–Kier alpha value is -5.99. The molecule has 0 atom stereocenters. The van der Waals surface area contributed by atoms with E-state index in [1.807, 2.05) is 12.4 Å². The van der Waals surface area contributed by atoms with Crippen LogP contribution in [0.25, 0.3) is 82.4 Å². The smallest absolute Gasteiger partial charge is 0.0553 e. The molecule has 0 N–H and O–H groups in total. The standard InChI is InChI=1S/C43H28N2/c1-2-11-34(12-3-1)45-41-27-33(36-16-8-10-31-9-4-5-13-35(31)36)21-22-39(41)43-38-15-7-6-14-37(38)40(28-42(43)45)32-19-17-29(18-20-32)30-23-25-44-26-24-30/h1-28H. The van der Waals surface area contributed by atoms with Crippen molar-refractivity contribution in [2.45, 2.75) is 0 Å². The Labute approximate surface area is 261 Å². The predicted octanol–water partition coefficient (Wildman–Crippen LogP) is 11.5. The Kier molecular flexibility index (Phi) is 5.85. The Morgan fingerprint density at radius 2 is 1.02 bits per heavy atom. The quantitative estimate of drug-likeness (QED) is 0.205. The van der Waals surface area contributed by atoms with Crippen LogP contribution in [0.3, 0.4) is 0 Å². The van der Waals surface area contributed by atoms with E-state index in [0.29, 0.717) is 0 Å². The van der Waals surface area contributed by atoms with Gasteiger partial charge in [-0.25, -0.2) is 0 Å².